The van der Waals surface area contributed by atoms with E-state index in [9.17, 15) is 4.79 Å². The van der Waals surface area contributed by atoms with Crippen LogP contribution in [0.5, 0.6) is 0 Å². The van der Waals surface area contributed by atoms with Gasteiger partial charge in [-0.15, -0.1) is 0 Å². The van der Waals surface area contributed by atoms with E-state index in [2.05, 4.69) is 35.2 Å². The first-order valence-corrected chi connectivity index (χ1v) is 9.62. The van der Waals surface area contributed by atoms with Crippen molar-refractivity contribution in [2.24, 2.45) is 5.92 Å². The average molecular weight is 356 g/mol. The predicted octanol–water partition coefficient (Wildman–Crippen LogP) is 4.84. The Hall–Kier alpha value is -2.78. The molecule has 1 aliphatic heterocycles. The number of carbonyl (C=O) groups excluding carboxylic acids is 1. The number of aromatic nitrogens is 1. The molecule has 3 nitrogen and oxygen atoms in total. The fourth-order valence-electron chi connectivity index (χ4n) is 3.76. The third-order valence-corrected chi connectivity index (χ3v) is 5.28. The number of ketones is 1. The number of pyridine rings is 1. The third kappa shape index (κ3) is 4.32. The van der Waals surface area contributed by atoms with E-state index < -0.39 is 0 Å². The normalized spacial score (nSPS) is 15.6. The molecule has 0 radical (unpaired) electrons. The van der Waals surface area contributed by atoms with Gasteiger partial charge >= 0.3 is 0 Å². The van der Waals surface area contributed by atoms with Gasteiger partial charge in [-0.1, -0.05) is 66.7 Å². The van der Waals surface area contributed by atoms with Crippen LogP contribution in [0.4, 0.5) is 0 Å². The van der Waals surface area contributed by atoms with Gasteiger partial charge in [0.05, 0.1) is 11.4 Å². The molecule has 0 saturated carbocycles. The largest absolute Gasteiger partial charge is 0.297 e. The zero-order chi connectivity index (χ0) is 18.5. The van der Waals surface area contributed by atoms with Crippen LogP contribution in [-0.2, 0) is 6.54 Å². The minimum Gasteiger partial charge on any atom is -0.297 e. The molecule has 0 atom stereocenters. The highest BCUT2D eigenvalue weighted by Gasteiger charge is 2.25. The predicted molar refractivity (Wildman–Crippen MR) is 108 cm³/mol. The number of hydrogen-bond donors (Lipinski definition) is 0. The lowest BCUT2D eigenvalue weighted by molar-refractivity contribution is 0.0834. The van der Waals surface area contributed by atoms with Crippen LogP contribution in [-0.4, -0.2) is 28.8 Å². The maximum Gasteiger partial charge on any atom is 0.166 e. The van der Waals surface area contributed by atoms with Gasteiger partial charge in [0.15, 0.2) is 5.78 Å². The van der Waals surface area contributed by atoms with Gasteiger partial charge in [0.1, 0.15) is 0 Å². The summed E-state index contributed by atoms with van der Waals surface area (Å²) < 4.78 is 0. The highest BCUT2D eigenvalue weighted by atomic mass is 16.1. The van der Waals surface area contributed by atoms with Gasteiger partial charge in [-0.3, -0.25) is 14.7 Å². The van der Waals surface area contributed by atoms with Crippen molar-refractivity contribution in [2.45, 2.75) is 19.4 Å². The quantitative estimate of drug-likeness (QED) is 0.613. The number of rotatable bonds is 5. The molecule has 3 heteroatoms. The first kappa shape index (κ1) is 17.6. The molecule has 0 N–H and O–H groups in total. The third-order valence-electron chi connectivity index (χ3n) is 5.28. The lowest BCUT2D eigenvalue weighted by Crippen LogP contribution is -2.36. The Morgan fingerprint density at radius 2 is 1.52 bits per heavy atom. The van der Waals surface area contributed by atoms with Crippen LogP contribution in [0.15, 0.2) is 78.9 Å². The molecule has 0 aliphatic carbocycles. The number of likely N-dealkylation sites (tertiary alicyclic amines) is 1. The lowest BCUT2D eigenvalue weighted by atomic mass is 9.89. The highest BCUT2D eigenvalue weighted by molar-refractivity contribution is 5.97. The van der Waals surface area contributed by atoms with Gasteiger partial charge in [0.2, 0.25) is 0 Å². The van der Waals surface area contributed by atoms with Crippen molar-refractivity contribution in [2.75, 3.05) is 13.1 Å². The molecular formula is C24H24N2O. The molecular weight excluding hydrogens is 332 g/mol. The second kappa shape index (κ2) is 8.28. The summed E-state index contributed by atoms with van der Waals surface area (Å²) in [6, 6.07) is 26.2. The Balaban J connectivity index is 1.36. The van der Waals surface area contributed by atoms with E-state index in [-0.39, 0.29) is 5.92 Å². The standard InChI is InChI=1S/C24H24N2O/c27-24(20-10-5-2-6-11-20)21-14-16-26(17-15-21)18-22-12-7-13-23(25-22)19-8-3-1-4-9-19/h1-13,21H,14-18H2. The molecule has 0 unspecified atom stereocenters. The Kier molecular flexibility index (Phi) is 5.40. The summed E-state index contributed by atoms with van der Waals surface area (Å²) in [4.78, 5) is 19.9. The van der Waals surface area contributed by atoms with E-state index in [4.69, 9.17) is 4.98 Å². The molecule has 1 saturated heterocycles. The van der Waals surface area contributed by atoms with E-state index in [0.717, 1.165) is 55.0 Å². The smallest absolute Gasteiger partial charge is 0.166 e. The summed E-state index contributed by atoms with van der Waals surface area (Å²) in [5.41, 5.74) is 4.09. The Bertz CT molecular complexity index is 885. The molecule has 0 spiro atoms. The lowest BCUT2D eigenvalue weighted by Gasteiger charge is -2.31. The zero-order valence-corrected chi connectivity index (χ0v) is 15.4. The van der Waals surface area contributed by atoms with Crippen molar-refractivity contribution in [1.82, 2.24) is 9.88 Å². The van der Waals surface area contributed by atoms with E-state index in [1.54, 1.807) is 0 Å². The molecule has 136 valence electrons. The zero-order valence-electron chi connectivity index (χ0n) is 15.4. The molecule has 3 aromatic rings. The number of Topliss-reactive ketones (excluding diaryl/α,β-unsaturated/α-hetero) is 1. The van der Waals surface area contributed by atoms with E-state index >= 15 is 0 Å². The number of nitrogens with zero attached hydrogens (tertiary/aromatic N) is 2. The molecule has 0 amide bonds. The second-order valence-corrected chi connectivity index (χ2v) is 7.16. The Labute approximate surface area is 160 Å². The molecule has 2 aromatic carbocycles. The van der Waals surface area contributed by atoms with Crippen LogP contribution >= 0.6 is 0 Å². The van der Waals surface area contributed by atoms with Gasteiger partial charge < -0.3 is 0 Å². The minimum atomic E-state index is 0.146. The topological polar surface area (TPSA) is 33.2 Å². The highest BCUT2D eigenvalue weighted by Crippen LogP contribution is 2.23. The van der Waals surface area contributed by atoms with Crippen molar-refractivity contribution < 1.29 is 4.79 Å². The number of carbonyl (C=O) groups is 1. The van der Waals surface area contributed by atoms with Crippen LogP contribution < -0.4 is 0 Å². The van der Waals surface area contributed by atoms with Crippen molar-refractivity contribution >= 4 is 5.78 Å². The monoisotopic (exact) mass is 356 g/mol. The van der Waals surface area contributed by atoms with E-state index in [1.165, 1.54) is 0 Å². The maximum absolute atomic E-state index is 12.6. The van der Waals surface area contributed by atoms with Crippen molar-refractivity contribution in [1.29, 1.82) is 0 Å². The van der Waals surface area contributed by atoms with Crippen molar-refractivity contribution in [3.05, 3.63) is 90.1 Å². The van der Waals surface area contributed by atoms with Gasteiger partial charge in [0, 0.05) is 23.6 Å². The first-order chi connectivity index (χ1) is 13.3. The maximum atomic E-state index is 12.6. The Morgan fingerprint density at radius 3 is 2.22 bits per heavy atom. The molecule has 4 rings (SSSR count). The second-order valence-electron chi connectivity index (χ2n) is 7.16. The summed E-state index contributed by atoms with van der Waals surface area (Å²) in [5.74, 6) is 0.437. The summed E-state index contributed by atoms with van der Waals surface area (Å²) in [7, 11) is 0. The number of hydrogen-bond acceptors (Lipinski definition) is 3. The fourth-order valence-corrected chi connectivity index (χ4v) is 3.76. The minimum absolute atomic E-state index is 0.146. The average Bonchev–Trinajstić information content (AvgIpc) is 2.75. The summed E-state index contributed by atoms with van der Waals surface area (Å²) in [6.07, 6.45) is 1.85. The van der Waals surface area contributed by atoms with Gasteiger partial charge in [-0.25, -0.2) is 0 Å². The summed E-state index contributed by atoms with van der Waals surface area (Å²) >= 11 is 0. The molecule has 1 fully saturated rings. The van der Waals surface area contributed by atoms with Crippen molar-refractivity contribution in [3.8, 4) is 11.3 Å². The van der Waals surface area contributed by atoms with Crippen LogP contribution in [0, 0.1) is 5.92 Å². The van der Waals surface area contributed by atoms with Gasteiger partial charge in [-0.05, 0) is 38.1 Å². The Morgan fingerprint density at radius 1 is 0.852 bits per heavy atom. The molecule has 1 aromatic heterocycles. The molecule has 1 aliphatic rings. The van der Waals surface area contributed by atoms with Crippen molar-refractivity contribution in [3.63, 3.8) is 0 Å². The van der Waals surface area contributed by atoms with E-state index in [0.29, 0.717) is 5.78 Å². The number of benzene rings is 2. The van der Waals surface area contributed by atoms with Crippen LogP contribution in [0.25, 0.3) is 11.3 Å². The molecule has 0 bridgehead atoms. The van der Waals surface area contributed by atoms with Gasteiger partial charge in [-0.2, -0.15) is 0 Å². The van der Waals surface area contributed by atoms with Crippen LogP contribution in [0.1, 0.15) is 28.9 Å². The van der Waals surface area contributed by atoms with Crippen LogP contribution in [0.2, 0.25) is 0 Å². The SMILES string of the molecule is O=C(c1ccccc1)C1CCN(Cc2cccc(-c3ccccc3)n2)CC1. The summed E-state index contributed by atoms with van der Waals surface area (Å²) in [6.45, 7) is 2.73. The summed E-state index contributed by atoms with van der Waals surface area (Å²) in [5, 5.41) is 0. The van der Waals surface area contributed by atoms with Gasteiger partial charge in [0.25, 0.3) is 0 Å². The molecule has 2 heterocycles. The van der Waals surface area contributed by atoms with Crippen LogP contribution in [0.3, 0.4) is 0 Å². The fraction of sp³-hybridized carbons (Fsp3) is 0.250. The molecule has 27 heavy (non-hydrogen) atoms. The first-order valence-electron chi connectivity index (χ1n) is 9.62. The van der Waals surface area contributed by atoms with E-state index in [1.807, 2.05) is 48.5 Å². The number of piperidine rings is 1.